The number of hydrogen-bond donors (Lipinski definition) is 1. The van der Waals surface area contributed by atoms with Gasteiger partial charge in [-0.3, -0.25) is 0 Å². The summed E-state index contributed by atoms with van der Waals surface area (Å²) in [5, 5.41) is 2.94. The molecule has 32 heavy (non-hydrogen) atoms. The Morgan fingerprint density at radius 2 is 1.81 bits per heavy atom. The molecule has 5 rings (SSSR count). The van der Waals surface area contributed by atoms with E-state index in [1.165, 1.54) is 12.1 Å². The molecule has 1 aromatic heterocycles. The molecule has 168 valence electrons. The van der Waals surface area contributed by atoms with E-state index in [4.69, 9.17) is 18.6 Å². The van der Waals surface area contributed by atoms with Crippen LogP contribution in [0.1, 0.15) is 18.4 Å². The molecule has 2 aliphatic rings. The SMILES string of the molecule is Cc1ccc(-c2nc(S(=O)(=O)c3ccc4c(c3)OCCO4)c(NCC3CCCO3)o2)cc1. The van der Waals surface area contributed by atoms with Crippen molar-refractivity contribution in [2.75, 3.05) is 31.7 Å². The van der Waals surface area contributed by atoms with Crippen molar-refractivity contribution in [3.63, 3.8) is 0 Å². The Hall–Kier alpha value is -3.04. The van der Waals surface area contributed by atoms with E-state index < -0.39 is 9.84 Å². The summed E-state index contributed by atoms with van der Waals surface area (Å²) in [7, 11) is -3.99. The van der Waals surface area contributed by atoms with Crippen LogP contribution in [-0.2, 0) is 14.6 Å². The Labute approximate surface area is 186 Å². The summed E-state index contributed by atoms with van der Waals surface area (Å²) in [6.45, 7) is 3.92. The van der Waals surface area contributed by atoms with Gasteiger partial charge in [0.2, 0.25) is 26.6 Å². The molecular weight excluding hydrogens is 432 g/mol. The third-order valence-corrected chi connectivity index (χ3v) is 7.15. The number of aromatic nitrogens is 1. The van der Waals surface area contributed by atoms with Crippen molar-refractivity contribution >= 4 is 15.7 Å². The van der Waals surface area contributed by atoms with Crippen molar-refractivity contribution in [1.29, 1.82) is 0 Å². The third kappa shape index (κ3) is 4.05. The second kappa shape index (κ2) is 8.48. The normalized spacial score (nSPS) is 18.0. The number of nitrogens with one attached hydrogen (secondary N) is 1. The summed E-state index contributed by atoms with van der Waals surface area (Å²) in [6, 6.07) is 12.1. The highest BCUT2D eigenvalue weighted by Crippen LogP contribution is 2.37. The lowest BCUT2D eigenvalue weighted by Crippen LogP contribution is -2.19. The molecule has 3 aromatic rings. The zero-order valence-electron chi connectivity index (χ0n) is 17.7. The summed E-state index contributed by atoms with van der Waals surface area (Å²) in [5.74, 6) is 1.25. The fourth-order valence-corrected chi connectivity index (χ4v) is 5.03. The van der Waals surface area contributed by atoms with Crippen LogP contribution in [0.25, 0.3) is 11.5 Å². The Morgan fingerprint density at radius 1 is 1.03 bits per heavy atom. The Kier molecular flexibility index (Phi) is 5.52. The first-order valence-electron chi connectivity index (χ1n) is 10.6. The Balaban J connectivity index is 1.53. The number of benzene rings is 2. The highest BCUT2D eigenvalue weighted by molar-refractivity contribution is 7.91. The van der Waals surface area contributed by atoms with Gasteiger partial charge in [0.15, 0.2) is 11.5 Å². The molecule has 0 bridgehead atoms. The van der Waals surface area contributed by atoms with E-state index in [0.717, 1.165) is 18.4 Å². The van der Waals surface area contributed by atoms with Gasteiger partial charge >= 0.3 is 0 Å². The van der Waals surface area contributed by atoms with Crippen LogP contribution in [0, 0.1) is 6.92 Å². The van der Waals surface area contributed by atoms with Crippen LogP contribution >= 0.6 is 0 Å². The van der Waals surface area contributed by atoms with Crippen LogP contribution in [-0.4, -0.2) is 45.9 Å². The van der Waals surface area contributed by atoms with E-state index >= 15 is 0 Å². The van der Waals surface area contributed by atoms with E-state index in [1.807, 2.05) is 31.2 Å². The molecule has 1 fully saturated rings. The van der Waals surface area contributed by atoms with Crippen molar-refractivity contribution < 1.29 is 27.0 Å². The molecule has 0 saturated carbocycles. The smallest absolute Gasteiger partial charge is 0.233 e. The first-order valence-corrected chi connectivity index (χ1v) is 12.1. The second-order valence-electron chi connectivity index (χ2n) is 7.84. The highest BCUT2D eigenvalue weighted by atomic mass is 32.2. The van der Waals surface area contributed by atoms with Gasteiger partial charge in [0.25, 0.3) is 0 Å². The number of sulfone groups is 1. The quantitative estimate of drug-likeness (QED) is 0.597. The number of hydrogen-bond acceptors (Lipinski definition) is 8. The molecule has 0 aliphatic carbocycles. The van der Waals surface area contributed by atoms with E-state index in [0.29, 0.717) is 43.4 Å². The van der Waals surface area contributed by atoms with Crippen LogP contribution in [0.2, 0.25) is 0 Å². The lowest BCUT2D eigenvalue weighted by atomic mass is 10.1. The summed E-state index contributed by atoms with van der Waals surface area (Å²) in [4.78, 5) is 4.45. The third-order valence-electron chi connectivity index (χ3n) is 5.49. The van der Waals surface area contributed by atoms with Crippen molar-refractivity contribution in [2.24, 2.45) is 0 Å². The number of ether oxygens (including phenoxy) is 3. The topological polar surface area (TPSA) is 99.9 Å². The van der Waals surface area contributed by atoms with Gasteiger partial charge in [-0.15, -0.1) is 0 Å². The average molecular weight is 457 g/mol. The average Bonchev–Trinajstić information content (AvgIpc) is 3.48. The van der Waals surface area contributed by atoms with Gasteiger partial charge in [-0.25, -0.2) is 8.42 Å². The van der Waals surface area contributed by atoms with Crippen molar-refractivity contribution in [1.82, 2.24) is 4.98 Å². The van der Waals surface area contributed by atoms with E-state index in [1.54, 1.807) is 6.07 Å². The standard InChI is InChI=1S/C23H24N2O6S/c1-15-4-6-16(7-5-15)21-25-23(22(31-21)24-14-17-3-2-10-28-17)32(26,27)18-8-9-19-20(13-18)30-12-11-29-19/h4-9,13,17,24H,2-3,10-12,14H2,1H3. The predicted octanol–water partition coefficient (Wildman–Crippen LogP) is 3.84. The summed E-state index contributed by atoms with van der Waals surface area (Å²) in [5.41, 5.74) is 1.78. The van der Waals surface area contributed by atoms with E-state index in [9.17, 15) is 8.42 Å². The Morgan fingerprint density at radius 3 is 2.56 bits per heavy atom. The molecule has 0 radical (unpaired) electrons. The van der Waals surface area contributed by atoms with Gasteiger partial charge in [0.05, 0.1) is 11.0 Å². The number of anilines is 1. The van der Waals surface area contributed by atoms with Gasteiger partial charge in [-0.1, -0.05) is 17.7 Å². The molecule has 1 N–H and O–H groups in total. The van der Waals surface area contributed by atoms with E-state index in [-0.39, 0.29) is 27.8 Å². The number of rotatable bonds is 6. The summed E-state index contributed by atoms with van der Waals surface area (Å²) < 4.78 is 49.7. The number of oxazole rings is 1. The van der Waals surface area contributed by atoms with Crippen LogP contribution in [0.15, 0.2) is 56.8 Å². The molecule has 0 spiro atoms. The maximum Gasteiger partial charge on any atom is 0.233 e. The second-order valence-corrected chi connectivity index (χ2v) is 9.71. The first kappa shape index (κ1) is 20.8. The van der Waals surface area contributed by atoms with Gasteiger partial charge in [0.1, 0.15) is 13.2 Å². The largest absolute Gasteiger partial charge is 0.486 e. The van der Waals surface area contributed by atoms with Crippen LogP contribution in [0.4, 0.5) is 5.88 Å². The van der Waals surface area contributed by atoms with Crippen LogP contribution in [0.3, 0.4) is 0 Å². The molecule has 9 heteroatoms. The van der Waals surface area contributed by atoms with Crippen molar-refractivity contribution in [3.8, 4) is 23.0 Å². The van der Waals surface area contributed by atoms with Crippen LogP contribution in [0.5, 0.6) is 11.5 Å². The molecule has 1 atom stereocenters. The van der Waals surface area contributed by atoms with Crippen molar-refractivity contribution in [3.05, 3.63) is 48.0 Å². The fraction of sp³-hybridized carbons (Fsp3) is 0.348. The molecule has 3 heterocycles. The molecule has 0 amide bonds. The molecular formula is C23H24N2O6S. The lowest BCUT2D eigenvalue weighted by molar-refractivity contribution is 0.120. The number of fused-ring (bicyclic) bond motifs is 1. The fourth-order valence-electron chi connectivity index (χ4n) is 3.73. The molecule has 2 aliphatic heterocycles. The lowest BCUT2D eigenvalue weighted by Gasteiger charge is -2.18. The van der Waals surface area contributed by atoms with Gasteiger partial charge < -0.3 is 23.9 Å². The minimum absolute atomic E-state index is 0.00720. The minimum Gasteiger partial charge on any atom is -0.486 e. The molecule has 2 aromatic carbocycles. The van der Waals surface area contributed by atoms with Gasteiger partial charge in [-0.2, -0.15) is 4.98 Å². The zero-order chi connectivity index (χ0) is 22.1. The van der Waals surface area contributed by atoms with Crippen molar-refractivity contribution in [2.45, 2.75) is 35.8 Å². The monoisotopic (exact) mass is 456 g/mol. The number of nitrogens with zero attached hydrogens (tertiary/aromatic N) is 1. The highest BCUT2D eigenvalue weighted by Gasteiger charge is 2.30. The maximum atomic E-state index is 13.5. The molecule has 8 nitrogen and oxygen atoms in total. The van der Waals surface area contributed by atoms with Crippen LogP contribution < -0.4 is 14.8 Å². The van der Waals surface area contributed by atoms with Gasteiger partial charge in [0, 0.05) is 24.8 Å². The maximum absolute atomic E-state index is 13.5. The van der Waals surface area contributed by atoms with E-state index in [2.05, 4.69) is 10.3 Å². The summed E-state index contributed by atoms with van der Waals surface area (Å²) >= 11 is 0. The molecule has 1 saturated heterocycles. The summed E-state index contributed by atoms with van der Waals surface area (Å²) in [6.07, 6.45) is 1.91. The van der Waals surface area contributed by atoms with Gasteiger partial charge in [-0.05, 0) is 44.0 Å². The zero-order valence-corrected chi connectivity index (χ0v) is 18.5. The predicted molar refractivity (Wildman–Crippen MR) is 117 cm³/mol. The first-order chi connectivity index (χ1) is 15.5. The minimum atomic E-state index is -3.99. The molecule has 1 unspecified atom stereocenters. The number of aryl methyl sites for hydroxylation is 1. The Bertz CT molecular complexity index is 1210.